The fourth-order valence-corrected chi connectivity index (χ4v) is 4.61. The highest BCUT2D eigenvalue weighted by molar-refractivity contribution is 7.99. The summed E-state index contributed by atoms with van der Waals surface area (Å²) in [5.41, 5.74) is 7.37. The number of nitrogens with two attached hydrogens (primary N) is 1. The SMILES string of the molecule is CCCSc1ccc(N2CCC(F)(F)CC2)cc1N(C)C=O.CN.O=Cc1ncn(Cc2ccccc2)n1. The molecule has 11 heteroatoms. The number of aldehydes is 1. The van der Waals surface area contributed by atoms with Crippen LogP contribution < -0.4 is 15.5 Å². The quantitative estimate of drug-likeness (QED) is 0.306. The number of nitrogens with zero attached hydrogens (tertiary/aromatic N) is 5. The molecule has 2 aromatic carbocycles. The van der Waals surface area contributed by atoms with Crippen LogP contribution in [0.4, 0.5) is 20.2 Å². The lowest BCUT2D eigenvalue weighted by Gasteiger charge is -2.34. The predicted octanol–water partition coefficient (Wildman–Crippen LogP) is 4.73. The maximum Gasteiger partial charge on any atom is 0.251 e. The molecule has 0 saturated carbocycles. The topological polar surface area (TPSA) is 97.4 Å². The molecule has 1 aliphatic rings. The minimum atomic E-state index is -2.55. The van der Waals surface area contributed by atoms with Crippen LogP contribution in [-0.4, -0.2) is 66.3 Å². The lowest BCUT2D eigenvalue weighted by molar-refractivity contribution is -0.107. The molecule has 0 bridgehead atoms. The van der Waals surface area contributed by atoms with Crippen LogP contribution in [0.2, 0.25) is 0 Å². The van der Waals surface area contributed by atoms with Crippen molar-refractivity contribution in [2.75, 3.05) is 42.7 Å². The summed E-state index contributed by atoms with van der Waals surface area (Å²) in [6.45, 7) is 3.44. The van der Waals surface area contributed by atoms with Crippen molar-refractivity contribution in [2.45, 2.75) is 43.5 Å². The van der Waals surface area contributed by atoms with Crippen molar-refractivity contribution < 1.29 is 18.4 Å². The van der Waals surface area contributed by atoms with E-state index in [1.165, 1.54) is 7.05 Å². The second kappa shape index (κ2) is 15.8. The molecule has 4 rings (SSSR count). The molecule has 0 aliphatic carbocycles. The number of thioether (sulfide) groups is 1. The number of carbonyl (C=O) groups excluding carboxylic acids is 2. The zero-order valence-corrected chi connectivity index (χ0v) is 22.9. The van der Waals surface area contributed by atoms with Crippen molar-refractivity contribution >= 4 is 35.8 Å². The molecule has 3 aromatic rings. The van der Waals surface area contributed by atoms with E-state index in [9.17, 15) is 18.4 Å². The summed E-state index contributed by atoms with van der Waals surface area (Å²) in [6.07, 6.45) is 3.80. The van der Waals surface area contributed by atoms with Crippen LogP contribution in [0.1, 0.15) is 42.4 Å². The highest BCUT2D eigenvalue weighted by Crippen LogP contribution is 2.36. The molecule has 1 amide bonds. The maximum atomic E-state index is 13.3. The number of rotatable bonds is 9. The van der Waals surface area contributed by atoms with Crippen LogP contribution in [0.15, 0.2) is 59.8 Å². The largest absolute Gasteiger partial charge is 0.371 e. The van der Waals surface area contributed by atoms with Gasteiger partial charge in [-0.2, -0.15) is 0 Å². The van der Waals surface area contributed by atoms with Crippen molar-refractivity contribution in [3.8, 4) is 0 Å². The summed E-state index contributed by atoms with van der Waals surface area (Å²) in [4.78, 5) is 29.8. The first-order chi connectivity index (χ1) is 18.3. The number of anilines is 2. The average Bonchev–Trinajstić information content (AvgIpc) is 3.41. The predicted molar refractivity (Wildman–Crippen MR) is 149 cm³/mol. The molecule has 38 heavy (non-hydrogen) atoms. The van der Waals surface area contributed by atoms with E-state index in [-0.39, 0.29) is 18.7 Å². The third-order valence-corrected chi connectivity index (χ3v) is 6.92. The van der Waals surface area contributed by atoms with E-state index in [4.69, 9.17) is 0 Å². The second-order valence-corrected chi connectivity index (χ2v) is 9.60. The monoisotopic (exact) mass is 546 g/mol. The minimum absolute atomic E-state index is 0.113. The molecule has 0 unspecified atom stereocenters. The fourth-order valence-electron chi connectivity index (χ4n) is 3.67. The first-order valence-electron chi connectivity index (χ1n) is 12.4. The Kier molecular flexibility index (Phi) is 12.9. The van der Waals surface area contributed by atoms with E-state index >= 15 is 0 Å². The smallest absolute Gasteiger partial charge is 0.251 e. The molecule has 8 nitrogen and oxygen atoms in total. The van der Waals surface area contributed by atoms with E-state index in [1.54, 1.807) is 34.7 Å². The van der Waals surface area contributed by atoms with Crippen molar-refractivity contribution in [3.63, 3.8) is 0 Å². The van der Waals surface area contributed by atoms with Gasteiger partial charge in [0.05, 0.1) is 12.2 Å². The lowest BCUT2D eigenvalue weighted by Crippen LogP contribution is -2.39. The first-order valence-corrected chi connectivity index (χ1v) is 13.4. The number of piperidine rings is 1. The number of carbonyl (C=O) groups is 2. The number of aromatic nitrogens is 3. The highest BCUT2D eigenvalue weighted by atomic mass is 32.2. The summed E-state index contributed by atoms with van der Waals surface area (Å²) in [7, 11) is 3.21. The number of amides is 1. The van der Waals surface area contributed by atoms with Gasteiger partial charge in [0.25, 0.3) is 5.92 Å². The van der Waals surface area contributed by atoms with Gasteiger partial charge in [-0.05, 0) is 43.0 Å². The summed E-state index contributed by atoms with van der Waals surface area (Å²) >= 11 is 1.71. The Balaban J connectivity index is 0.000000272. The van der Waals surface area contributed by atoms with Gasteiger partial charge >= 0.3 is 0 Å². The summed E-state index contributed by atoms with van der Waals surface area (Å²) in [5.74, 6) is -1.34. The van der Waals surface area contributed by atoms with Crippen molar-refractivity contribution in [1.82, 2.24) is 14.8 Å². The van der Waals surface area contributed by atoms with Crippen LogP contribution in [0, 0.1) is 0 Å². The van der Waals surface area contributed by atoms with Crippen LogP contribution in [0.3, 0.4) is 0 Å². The summed E-state index contributed by atoms with van der Waals surface area (Å²) < 4.78 is 28.2. The summed E-state index contributed by atoms with van der Waals surface area (Å²) in [5, 5.41) is 3.96. The molecule has 0 radical (unpaired) electrons. The number of hydrogen-bond donors (Lipinski definition) is 1. The van der Waals surface area contributed by atoms with E-state index in [0.717, 1.165) is 40.4 Å². The van der Waals surface area contributed by atoms with E-state index in [1.807, 2.05) is 53.4 Å². The molecule has 1 saturated heterocycles. The van der Waals surface area contributed by atoms with Gasteiger partial charge in [-0.25, -0.2) is 18.4 Å². The Morgan fingerprint density at radius 1 is 1.11 bits per heavy atom. The maximum absolute atomic E-state index is 13.3. The number of halogens is 2. The normalized spacial score (nSPS) is 13.9. The third-order valence-electron chi connectivity index (χ3n) is 5.65. The highest BCUT2D eigenvalue weighted by Gasteiger charge is 2.34. The summed E-state index contributed by atoms with van der Waals surface area (Å²) in [6, 6.07) is 15.8. The van der Waals surface area contributed by atoms with Crippen LogP contribution in [0.5, 0.6) is 0 Å². The Morgan fingerprint density at radius 2 is 1.79 bits per heavy atom. The van der Waals surface area contributed by atoms with Gasteiger partial charge in [-0.3, -0.25) is 9.59 Å². The minimum Gasteiger partial charge on any atom is -0.371 e. The lowest BCUT2D eigenvalue weighted by atomic mass is 10.1. The molecule has 1 fully saturated rings. The second-order valence-electron chi connectivity index (χ2n) is 8.46. The molecule has 0 spiro atoms. The van der Waals surface area contributed by atoms with E-state index in [2.05, 4.69) is 22.7 Å². The zero-order valence-electron chi connectivity index (χ0n) is 22.1. The zero-order chi connectivity index (χ0) is 28.0. The van der Waals surface area contributed by atoms with Crippen LogP contribution in [-0.2, 0) is 11.3 Å². The van der Waals surface area contributed by atoms with Gasteiger partial charge in [0.15, 0.2) is 6.29 Å². The van der Waals surface area contributed by atoms with Gasteiger partial charge < -0.3 is 15.5 Å². The molecule has 2 N–H and O–H groups in total. The fraction of sp³-hybridized carbons (Fsp3) is 0.407. The number of hydrogen-bond acceptors (Lipinski definition) is 7. The van der Waals surface area contributed by atoms with Gasteiger partial charge in [0.1, 0.15) is 6.33 Å². The molecule has 206 valence electrons. The molecule has 1 aliphatic heterocycles. The van der Waals surface area contributed by atoms with Gasteiger partial charge in [0.2, 0.25) is 12.2 Å². The van der Waals surface area contributed by atoms with E-state index < -0.39 is 5.92 Å². The van der Waals surface area contributed by atoms with Crippen molar-refractivity contribution in [1.29, 1.82) is 0 Å². The van der Waals surface area contributed by atoms with Crippen molar-refractivity contribution in [2.24, 2.45) is 5.73 Å². The molecular weight excluding hydrogens is 510 g/mol. The van der Waals surface area contributed by atoms with Gasteiger partial charge in [-0.1, -0.05) is 37.3 Å². The van der Waals surface area contributed by atoms with E-state index in [0.29, 0.717) is 25.9 Å². The first kappa shape index (κ1) is 30.9. The average molecular weight is 547 g/mol. The molecular formula is C27H36F2N6O2S. The molecule has 1 aromatic heterocycles. The Morgan fingerprint density at radius 3 is 2.37 bits per heavy atom. The molecule has 0 atom stereocenters. The van der Waals surface area contributed by atoms with Crippen molar-refractivity contribution in [3.05, 3.63) is 66.2 Å². The van der Waals surface area contributed by atoms with Gasteiger partial charge in [0, 0.05) is 43.6 Å². The Bertz CT molecular complexity index is 1120. The number of alkyl halides is 2. The Hall–Kier alpha value is -3.31. The number of benzene rings is 2. The Labute approximate surface area is 227 Å². The third kappa shape index (κ3) is 9.53. The van der Waals surface area contributed by atoms with Crippen LogP contribution in [0.25, 0.3) is 0 Å². The standard InChI is InChI=1S/C16H22F2N2OS.C10H9N3O.CH5N/c1-3-10-22-15-5-4-13(11-14(15)19(2)12-21)20-8-6-16(17,18)7-9-20;14-7-10-11-8-13(12-10)6-9-4-2-1-3-5-9;1-2/h4-5,11-12H,3,6-10H2,1-2H3;1-5,7-8H,6H2;2H2,1H3. The molecule has 2 heterocycles. The van der Waals surface area contributed by atoms with Gasteiger partial charge in [-0.15, -0.1) is 16.9 Å². The van der Waals surface area contributed by atoms with Crippen LogP contribution >= 0.6 is 11.8 Å².